The predicted molar refractivity (Wildman–Crippen MR) is 260 cm³/mol. The first kappa shape index (κ1) is 49.9. The smallest absolute Gasteiger partial charge is 0.339 e. The van der Waals surface area contributed by atoms with E-state index >= 15 is 0 Å². The summed E-state index contributed by atoms with van der Waals surface area (Å²) in [6.45, 7) is 8.62. The van der Waals surface area contributed by atoms with E-state index in [0.717, 1.165) is 67.5 Å². The molecule has 0 radical (unpaired) electrons. The minimum absolute atomic E-state index is 0.130. The van der Waals surface area contributed by atoms with Crippen molar-refractivity contribution in [3.8, 4) is 0 Å². The highest BCUT2D eigenvalue weighted by atomic mass is 16.6. The lowest BCUT2D eigenvalue weighted by molar-refractivity contribution is -0.150. The van der Waals surface area contributed by atoms with Crippen molar-refractivity contribution >= 4 is 57.4 Å². The number of carbonyl (C=O) groups is 4. The van der Waals surface area contributed by atoms with Crippen molar-refractivity contribution in [3.05, 3.63) is 89.5 Å². The molecule has 0 spiro atoms. The first-order valence-electron chi connectivity index (χ1n) is 24.5. The van der Waals surface area contributed by atoms with E-state index in [2.05, 4.69) is 67.3 Å². The normalized spacial score (nSPS) is 24.6. The Bertz CT molecular complexity index is 2440. The summed E-state index contributed by atoms with van der Waals surface area (Å²) in [7, 11) is 0. The number of aliphatic hydroxyl groups excluding tert-OH is 2. The zero-order chi connectivity index (χ0) is 48.3. The summed E-state index contributed by atoms with van der Waals surface area (Å²) in [6.07, 6.45) is 14.7. The highest BCUT2D eigenvalue weighted by Crippen LogP contribution is 2.54. The van der Waals surface area contributed by atoms with Crippen LogP contribution < -0.4 is 10.6 Å². The molecule has 0 amide bonds. The molecule has 2 aromatic carbocycles. The number of ether oxygens (including phenoxy) is 4. The van der Waals surface area contributed by atoms with Gasteiger partial charge in [-0.15, -0.1) is 0 Å². The van der Waals surface area contributed by atoms with Crippen molar-refractivity contribution < 1.29 is 48.3 Å². The van der Waals surface area contributed by atoms with Gasteiger partial charge in [0.25, 0.3) is 0 Å². The van der Waals surface area contributed by atoms with Crippen LogP contribution in [0.4, 0.5) is 11.4 Å². The summed E-state index contributed by atoms with van der Waals surface area (Å²) >= 11 is 0. The molecule has 1 fully saturated rings. The van der Waals surface area contributed by atoms with E-state index in [9.17, 15) is 29.4 Å². The number of esters is 4. The summed E-state index contributed by atoms with van der Waals surface area (Å²) in [5, 5.41) is 33.5. The third kappa shape index (κ3) is 11.3. The highest BCUT2D eigenvalue weighted by molar-refractivity contribution is 6.21. The summed E-state index contributed by atoms with van der Waals surface area (Å²) in [5.74, 6) is -3.53. The van der Waals surface area contributed by atoms with Gasteiger partial charge in [-0.2, -0.15) is 0 Å². The summed E-state index contributed by atoms with van der Waals surface area (Å²) < 4.78 is 23.3. The number of nitrogens with zero attached hydrogens (tertiary/aromatic N) is 2. The molecule has 3 aliphatic carbocycles. The number of hydrogen-bond donors (Lipinski definition) is 4. The number of anilines is 2. The van der Waals surface area contributed by atoms with Gasteiger partial charge in [0.1, 0.15) is 26.4 Å². The lowest BCUT2D eigenvalue weighted by Gasteiger charge is -2.52. The molecule has 5 aliphatic rings. The third-order valence-electron chi connectivity index (χ3n) is 13.6. The number of unbranched alkanes of at least 4 members (excludes halogenated alkanes) is 6. The molecule has 0 bridgehead atoms. The quantitative estimate of drug-likeness (QED) is 0.0273. The fraction of sp³-hybridized carbons (Fsp3) is 0.537. The van der Waals surface area contributed by atoms with Gasteiger partial charge in [-0.25, -0.2) is 4.79 Å². The summed E-state index contributed by atoms with van der Waals surface area (Å²) in [5.41, 5.74) is 8.52. The fourth-order valence-corrected chi connectivity index (χ4v) is 10.0. The van der Waals surface area contributed by atoms with Crippen molar-refractivity contribution in [1.82, 2.24) is 0 Å². The van der Waals surface area contributed by atoms with E-state index in [1.54, 1.807) is 0 Å². The maximum absolute atomic E-state index is 13.0. The monoisotopic (exact) mass is 930 g/mol. The van der Waals surface area contributed by atoms with E-state index in [1.807, 2.05) is 36.4 Å². The first-order valence-corrected chi connectivity index (χ1v) is 24.5. The zero-order valence-corrected chi connectivity index (χ0v) is 39.7. The van der Waals surface area contributed by atoms with E-state index in [1.165, 1.54) is 0 Å². The topological polar surface area (TPSA) is 194 Å². The van der Waals surface area contributed by atoms with Crippen molar-refractivity contribution in [1.29, 1.82) is 0 Å². The van der Waals surface area contributed by atoms with Crippen molar-refractivity contribution in [2.45, 2.75) is 140 Å². The van der Waals surface area contributed by atoms with Gasteiger partial charge in [0.15, 0.2) is 5.66 Å². The van der Waals surface area contributed by atoms with Crippen molar-refractivity contribution in [2.24, 2.45) is 27.7 Å². The van der Waals surface area contributed by atoms with Crippen LogP contribution in [0, 0.1) is 17.8 Å². The van der Waals surface area contributed by atoms with E-state index in [0.29, 0.717) is 53.9 Å². The highest BCUT2D eigenvalue weighted by Gasteiger charge is 2.56. The van der Waals surface area contributed by atoms with Crippen molar-refractivity contribution in [3.63, 3.8) is 0 Å². The van der Waals surface area contributed by atoms with E-state index in [-0.39, 0.29) is 69.5 Å². The average Bonchev–Trinajstić information content (AvgIpc) is 3.33. The molecule has 5 atom stereocenters. The van der Waals surface area contributed by atoms with Gasteiger partial charge in [-0.3, -0.25) is 24.4 Å². The lowest BCUT2D eigenvalue weighted by Crippen LogP contribution is -2.59. The maximum atomic E-state index is 13.0. The molecule has 2 aromatic rings. The van der Waals surface area contributed by atoms with Gasteiger partial charge in [0, 0.05) is 59.5 Å². The molecule has 362 valence electrons. The Morgan fingerprint density at radius 2 is 1.41 bits per heavy atom. The molecule has 4 N–H and O–H groups in total. The van der Waals surface area contributed by atoms with Crippen LogP contribution in [-0.4, -0.2) is 95.5 Å². The van der Waals surface area contributed by atoms with Crippen LogP contribution in [0.3, 0.4) is 0 Å². The lowest BCUT2D eigenvalue weighted by atomic mass is 9.58. The molecule has 68 heavy (non-hydrogen) atoms. The molecule has 0 aromatic heterocycles. The molecular formula is C54H66N4O10. The summed E-state index contributed by atoms with van der Waals surface area (Å²) in [6, 6.07) is 9.54. The minimum atomic E-state index is -1.47. The fourth-order valence-electron chi connectivity index (χ4n) is 10.0. The number of carbonyl (C=O) groups excluding carboxylic acids is 4. The zero-order valence-electron chi connectivity index (χ0n) is 39.7. The van der Waals surface area contributed by atoms with Gasteiger partial charge >= 0.3 is 23.9 Å². The Kier molecular flexibility index (Phi) is 16.8. The molecule has 14 nitrogen and oxygen atoms in total. The van der Waals surface area contributed by atoms with Gasteiger partial charge in [-0.05, 0) is 79.0 Å². The third-order valence-corrected chi connectivity index (χ3v) is 13.6. The minimum Gasteiger partial charge on any atom is -0.461 e. The van der Waals surface area contributed by atoms with Crippen LogP contribution in [0.25, 0.3) is 10.8 Å². The predicted octanol–water partition coefficient (Wildman–Crippen LogP) is 8.49. The van der Waals surface area contributed by atoms with Gasteiger partial charge in [0.05, 0.1) is 24.0 Å². The second-order valence-electron chi connectivity index (χ2n) is 18.6. The average molecular weight is 931 g/mol. The number of nitrogens with one attached hydrogen (secondary N) is 2. The molecule has 2 aliphatic heterocycles. The van der Waals surface area contributed by atoms with Gasteiger partial charge < -0.3 is 39.8 Å². The van der Waals surface area contributed by atoms with Crippen molar-refractivity contribution in [2.75, 3.05) is 37.1 Å². The van der Waals surface area contributed by atoms with E-state index in [4.69, 9.17) is 28.9 Å². The van der Waals surface area contributed by atoms with Crippen LogP contribution >= 0.6 is 0 Å². The van der Waals surface area contributed by atoms with Crippen LogP contribution in [0.2, 0.25) is 0 Å². The number of benzene rings is 2. The molecule has 0 saturated heterocycles. The molecule has 5 unspecified atom stereocenters. The molecule has 1 saturated carbocycles. The first-order chi connectivity index (χ1) is 33.0. The molecular weight excluding hydrogens is 865 g/mol. The Labute approximate surface area is 399 Å². The largest absolute Gasteiger partial charge is 0.461 e. The SMILES string of the molecule is C=C=C=C=CC(=O)OCC1(COC(=O)CCCCC)Nc2cccc3ccc(C4C(O)C(C5=CCC6CC=CC7=NC(COC(=O)CCCCC)(COC(=O)CCCCC)N=C5C76)C4O)c(c23)N1. The number of aliphatic imine (C=N–C) groups is 2. The standard InChI is InChI=1S/C54H66N4O10/c1-5-9-13-23-41(59)65-31-53(32-66-42(60)24-14-10-6-2)55-39-21-17-19-35-27-29-37(49(57-53)45(35)39)47-51(63)48(52(47)64)38-30-28-36-20-18-22-40-46(36)50(38)58-54(56-40,33-67-43(61)25-15-11-7-3)34-68-44(62)26-16-12-8-4/h17-19,21-23,27,29-30,36,46-48,51-52,55,57,63-64H,1,6-8,10-12,14-16,20,24-26,28,31-34H2,2-4H3. The Balaban J connectivity index is 1.21. The van der Waals surface area contributed by atoms with Gasteiger partial charge in [0.2, 0.25) is 5.66 Å². The molecule has 2 heterocycles. The van der Waals surface area contributed by atoms with E-state index < -0.39 is 47.3 Å². The van der Waals surface area contributed by atoms with Crippen LogP contribution in [0.5, 0.6) is 0 Å². The maximum Gasteiger partial charge on any atom is 0.339 e. The number of aliphatic hydroxyl groups is 2. The Morgan fingerprint density at radius 1 is 0.779 bits per heavy atom. The number of allylic oxidation sites excluding steroid dienone is 3. The molecule has 14 heteroatoms. The van der Waals surface area contributed by atoms with Crippen LogP contribution in [0.15, 0.2) is 94.0 Å². The number of hydrogen-bond acceptors (Lipinski definition) is 14. The number of rotatable bonds is 23. The van der Waals surface area contributed by atoms with Crippen LogP contribution in [0.1, 0.15) is 122 Å². The van der Waals surface area contributed by atoms with Gasteiger partial charge in [-0.1, -0.05) is 107 Å². The second kappa shape index (κ2) is 22.9. The van der Waals surface area contributed by atoms with Crippen LogP contribution in [-0.2, 0) is 38.1 Å². The molecule has 7 rings (SSSR count). The second-order valence-corrected chi connectivity index (χ2v) is 18.6. The Morgan fingerprint density at radius 3 is 2.04 bits per heavy atom. The Hall–Kier alpha value is -6.00. The summed E-state index contributed by atoms with van der Waals surface area (Å²) in [4.78, 5) is 62.4.